The summed E-state index contributed by atoms with van der Waals surface area (Å²) in [5.41, 5.74) is 1.13. The van der Waals surface area contributed by atoms with Crippen molar-refractivity contribution >= 4 is 28.6 Å². The Morgan fingerprint density at radius 2 is 2.06 bits per heavy atom. The number of hydrogen-bond donors (Lipinski definition) is 1. The Morgan fingerprint density at radius 1 is 1.38 bits per heavy atom. The van der Waals surface area contributed by atoms with Crippen LogP contribution < -0.4 is 5.32 Å². The molecular formula is C12H13IN2O. The number of nitrogens with one attached hydrogen (secondary N) is 1. The molecule has 2 amide bonds. The van der Waals surface area contributed by atoms with Crippen LogP contribution in [-0.2, 0) is 6.54 Å². The van der Waals surface area contributed by atoms with Gasteiger partial charge in [0.2, 0.25) is 0 Å². The quantitative estimate of drug-likeness (QED) is 0.832. The van der Waals surface area contributed by atoms with Gasteiger partial charge >= 0.3 is 6.03 Å². The lowest BCUT2D eigenvalue weighted by atomic mass is 10.2. The molecule has 0 saturated carbocycles. The van der Waals surface area contributed by atoms with Crippen LogP contribution in [0.5, 0.6) is 0 Å². The highest BCUT2D eigenvalue weighted by Gasteiger charge is 2.21. The normalized spacial score (nSPS) is 20.4. The first kappa shape index (κ1) is 11.4. The zero-order valence-corrected chi connectivity index (χ0v) is 11.1. The Kier molecular flexibility index (Phi) is 3.48. The largest absolute Gasteiger partial charge is 0.331 e. The van der Waals surface area contributed by atoms with Crippen LogP contribution in [0.1, 0.15) is 12.5 Å². The van der Waals surface area contributed by atoms with Crippen LogP contribution in [-0.4, -0.2) is 17.0 Å². The van der Waals surface area contributed by atoms with Gasteiger partial charge in [0.1, 0.15) is 0 Å². The molecule has 0 radical (unpaired) electrons. The van der Waals surface area contributed by atoms with Crippen molar-refractivity contribution in [2.24, 2.45) is 0 Å². The first-order chi connectivity index (χ1) is 7.66. The average molecular weight is 328 g/mol. The maximum Gasteiger partial charge on any atom is 0.322 e. The number of carbonyl (C=O) groups is 1. The third-order valence-corrected chi connectivity index (χ3v) is 3.70. The molecule has 1 N–H and O–H groups in total. The molecule has 0 bridgehead atoms. The molecule has 1 aromatic carbocycles. The van der Waals surface area contributed by atoms with E-state index in [1.807, 2.05) is 43.5 Å². The SMILES string of the molecule is CC1NC(=O)N(Cc2ccccc2)C=C1I. The molecule has 1 aromatic rings. The summed E-state index contributed by atoms with van der Waals surface area (Å²) in [4.78, 5) is 13.4. The third-order valence-electron chi connectivity index (χ3n) is 2.49. The number of rotatable bonds is 2. The minimum Gasteiger partial charge on any atom is -0.331 e. The van der Waals surface area contributed by atoms with Gasteiger partial charge in [0.05, 0.1) is 12.6 Å². The molecule has 0 spiro atoms. The van der Waals surface area contributed by atoms with Gasteiger partial charge in [-0.25, -0.2) is 4.79 Å². The summed E-state index contributed by atoms with van der Waals surface area (Å²) in [6.45, 7) is 2.60. The lowest BCUT2D eigenvalue weighted by Crippen LogP contribution is -2.45. The average Bonchev–Trinajstić information content (AvgIpc) is 2.27. The fourth-order valence-electron chi connectivity index (χ4n) is 1.55. The lowest BCUT2D eigenvalue weighted by molar-refractivity contribution is 0.208. The Morgan fingerprint density at radius 3 is 2.75 bits per heavy atom. The third kappa shape index (κ3) is 2.55. The second-order valence-corrected chi connectivity index (χ2v) is 5.04. The highest BCUT2D eigenvalue weighted by Crippen LogP contribution is 2.19. The molecule has 0 aromatic heterocycles. The standard InChI is InChI=1S/C12H13IN2O/c1-9-11(13)8-15(12(16)14-9)7-10-5-3-2-4-6-10/h2-6,8-9H,7H2,1H3,(H,14,16). The lowest BCUT2D eigenvalue weighted by Gasteiger charge is -2.28. The number of halogens is 1. The summed E-state index contributed by atoms with van der Waals surface area (Å²) in [6, 6.07) is 10.1. The van der Waals surface area contributed by atoms with Crippen LogP contribution in [0.15, 0.2) is 40.1 Å². The van der Waals surface area contributed by atoms with Gasteiger partial charge in [-0.2, -0.15) is 0 Å². The molecule has 1 aliphatic heterocycles. The zero-order valence-electron chi connectivity index (χ0n) is 8.98. The van der Waals surface area contributed by atoms with E-state index in [-0.39, 0.29) is 12.1 Å². The number of nitrogens with zero attached hydrogens (tertiary/aromatic N) is 1. The summed E-state index contributed by atoms with van der Waals surface area (Å²) in [6.07, 6.45) is 1.91. The van der Waals surface area contributed by atoms with Gasteiger partial charge in [-0.3, -0.25) is 4.90 Å². The van der Waals surface area contributed by atoms with E-state index in [0.717, 1.165) is 9.14 Å². The molecule has 4 heteroatoms. The van der Waals surface area contributed by atoms with Crippen molar-refractivity contribution in [3.63, 3.8) is 0 Å². The van der Waals surface area contributed by atoms with Gasteiger partial charge in [-0.1, -0.05) is 30.3 Å². The smallest absolute Gasteiger partial charge is 0.322 e. The Labute approximate surface area is 109 Å². The predicted molar refractivity (Wildman–Crippen MR) is 72.1 cm³/mol. The van der Waals surface area contributed by atoms with E-state index in [0.29, 0.717) is 6.54 Å². The van der Waals surface area contributed by atoms with Gasteiger partial charge in [0, 0.05) is 9.78 Å². The summed E-state index contributed by atoms with van der Waals surface area (Å²) in [5.74, 6) is 0. The van der Waals surface area contributed by atoms with Crippen molar-refractivity contribution in [1.82, 2.24) is 10.2 Å². The fourth-order valence-corrected chi connectivity index (χ4v) is 2.05. The van der Waals surface area contributed by atoms with Crippen molar-refractivity contribution in [3.8, 4) is 0 Å². The maximum atomic E-state index is 11.7. The summed E-state index contributed by atoms with van der Waals surface area (Å²) < 4.78 is 1.15. The van der Waals surface area contributed by atoms with Crippen LogP contribution in [0.4, 0.5) is 4.79 Å². The number of amides is 2. The van der Waals surface area contributed by atoms with Crippen LogP contribution in [0, 0.1) is 0 Å². The van der Waals surface area contributed by atoms with Crippen molar-refractivity contribution in [1.29, 1.82) is 0 Å². The van der Waals surface area contributed by atoms with Crippen LogP contribution in [0.2, 0.25) is 0 Å². The highest BCUT2D eigenvalue weighted by molar-refractivity contribution is 14.1. The minimum atomic E-state index is -0.0308. The van der Waals surface area contributed by atoms with Crippen molar-refractivity contribution < 1.29 is 4.79 Å². The molecule has 1 unspecified atom stereocenters. The minimum absolute atomic E-state index is 0.0308. The number of hydrogen-bond acceptors (Lipinski definition) is 1. The molecule has 1 atom stereocenters. The van der Waals surface area contributed by atoms with Gasteiger partial charge in [-0.15, -0.1) is 0 Å². The monoisotopic (exact) mass is 328 g/mol. The molecule has 3 nitrogen and oxygen atoms in total. The molecule has 16 heavy (non-hydrogen) atoms. The van der Waals surface area contributed by atoms with E-state index in [1.165, 1.54) is 0 Å². The Hall–Kier alpha value is -1.04. The van der Waals surface area contributed by atoms with Gasteiger partial charge < -0.3 is 5.32 Å². The van der Waals surface area contributed by atoms with E-state index in [4.69, 9.17) is 0 Å². The molecule has 0 aliphatic carbocycles. The molecule has 1 aliphatic rings. The van der Waals surface area contributed by atoms with E-state index >= 15 is 0 Å². The summed E-state index contributed by atoms with van der Waals surface area (Å²) >= 11 is 2.26. The summed E-state index contributed by atoms with van der Waals surface area (Å²) in [5, 5.41) is 2.91. The zero-order chi connectivity index (χ0) is 11.5. The predicted octanol–water partition coefficient (Wildman–Crippen LogP) is 2.88. The van der Waals surface area contributed by atoms with Crippen molar-refractivity contribution in [2.45, 2.75) is 19.5 Å². The van der Waals surface area contributed by atoms with Crippen molar-refractivity contribution in [2.75, 3.05) is 0 Å². The molecule has 2 rings (SSSR count). The van der Waals surface area contributed by atoms with E-state index < -0.39 is 0 Å². The van der Waals surface area contributed by atoms with E-state index in [1.54, 1.807) is 4.90 Å². The van der Waals surface area contributed by atoms with E-state index in [9.17, 15) is 4.79 Å². The van der Waals surface area contributed by atoms with Crippen LogP contribution in [0.3, 0.4) is 0 Å². The molecule has 0 fully saturated rings. The first-order valence-corrected chi connectivity index (χ1v) is 6.23. The maximum absolute atomic E-state index is 11.7. The summed E-state index contributed by atoms with van der Waals surface area (Å²) in [7, 11) is 0. The molecule has 1 heterocycles. The Balaban J connectivity index is 2.13. The second kappa shape index (κ2) is 4.86. The van der Waals surface area contributed by atoms with Crippen LogP contribution in [0.25, 0.3) is 0 Å². The van der Waals surface area contributed by atoms with Crippen LogP contribution >= 0.6 is 22.6 Å². The number of benzene rings is 1. The molecular weight excluding hydrogens is 315 g/mol. The molecule has 0 saturated heterocycles. The first-order valence-electron chi connectivity index (χ1n) is 5.15. The fraction of sp³-hybridized carbons (Fsp3) is 0.250. The topological polar surface area (TPSA) is 32.3 Å². The van der Waals surface area contributed by atoms with Gasteiger partial charge in [-0.05, 0) is 35.1 Å². The molecule has 84 valence electrons. The Bertz CT molecular complexity index is 416. The highest BCUT2D eigenvalue weighted by atomic mass is 127. The van der Waals surface area contributed by atoms with Crippen molar-refractivity contribution in [3.05, 3.63) is 45.7 Å². The van der Waals surface area contributed by atoms with Gasteiger partial charge in [0.15, 0.2) is 0 Å². The van der Waals surface area contributed by atoms with Gasteiger partial charge in [0.25, 0.3) is 0 Å². The second-order valence-electron chi connectivity index (χ2n) is 3.80. The number of carbonyl (C=O) groups excluding carboxylic acids is 1. The number of urea groups is 1. The van der Waals surface area contributed by atoms with E-state index in [2.05, 4.69) is 27.9 Å².